The number of rotatable bonds is 3. The molecular formula is C8H8N6O. The molecule has 15 heavy (non-hydrogen) atoms. The molecule has 2 heterocycles. The lowest BCUT2D eigenvalue weighted by Crippen LogP contribution is -2.23. The Morgan fingerprint density at radius 1 is 1.53 bits per heavy atom. The van der Waals surface area contributed by atoms with Crippen LogP contribution in [-0.4, -0.2) is 31.3 Å². The quantitative estimate of drug-likeness (QED) is 0.704. The van der Waals surface area contributed by atoms with Crippen LogP contribution in [0.4, 0.5) is 0 Å². The molecular weight excluding hydrogens is 196 g/mol. The molecule has 0 aliphatic rings. The Bertz CT molecular complexity index is 426. The second kappa shape index (κ2) is 4.27. The van der Waals surface area contributed by atoms with Crippen LogP contribution in [0.25, 0.3) is 0 Å². The normalized spacial score (nSPS) is 9.87. The van der Waals surface area contributed by atoms with Crippen LogP contribution < -0.4 is 5.32 Å². The highest BCUT2D eigenvalue weighted by atomic mass is 16.1. The average Bonchev–Trinajstić information content (AvgIpc) is 2.81. The number of carbonyl (C=O) groups is 1. The largest absolute Gasteiger partial charge is 0.345 e. The first kappa shape index (κ1) is 9.25. The predicted octanol–water partition coefficient (Wildman–Crippen LogP) is -0.475. The molecule has 0 atom stereocenters. The second-order valence-corrected chi connectivity index (χ2v) is 2.74. The van der Waals surface area contributed by atoms with Gasteiger partial charge in [-0.1, -0.05) is 0 Å². The molecule has 0 radical (unpaired) electrons. The zero-order valence-corrected chi connectivity index (χ0v) is 7.71. The number of aromatic nitrogens is 5. The first-order chi connectivity index (χ1) is 7.36. The molecule has 2 aromatic rings. The first-order valence-corrected chi connectivity index (χ1v) is 4.25. The van der Waals surface area contributed by atoms with E-state index in [-0.39, 0.29) is 11.6 Å². The lowest BCUT2D eigenvalue weighted by molar-refractivity contribution is 0.0945. The van der Waals surface area contributed by atoms with Crippen LogP contribution in [0.3, 0.4) is 0 Å². The molecule has 7 heteroatoms. The number of amides is 1. The van der Waals surface area contributed by atoms with E-state index in [4.69, 9.17) is 0 Å². The monoisotopic (exact) mass is 204 g/mol. The fourth-order valence-electron chi connectivity index (χ4n) is 0.995. The van der Waals surface area contributed by atoms with Crippen molar-refractivity contribution in [3.05, 3.63) is 36.2 Å². The maximum absolute atomic E-state index is 11.4. The molecule has 2 N–H and O–H groups in total. The van der Waals surface area contributed by atoms with Crippen LogP contribution in [0.2, 0.25) is 0 Å². The Labute approximate surface area is 85.0 Å². The van der Waals surface area contributed by atoms with Crippen LogP contribution in [0, 0.1) is 0 Å². The minimum absolute atomic E-state index is 0.254. The van der Waals surface area contributed by atoms with Crippen LogP contribution >= 0.6 is 0 Å². The van der Waals surface area contributed by atoms with Crippen molar-refractivity contribution in [3.8, 4) is 0 Å². The molecule has 0 spiro atoms. The zero-order chi connectivity index (χ0) is 10.5. The molecule has 0 fully saturated rings. The Kier molecular flexibility index (Phi) is 2.63. The van der Waals surface area contributed by atoms with Gasteiger partial charge in [0.2, 0.25) is 0 Å². The summed E-state index contributed by atoms with van der Waals surface area (Å²) in [7, 11) is 0. The van der Waals surface area contributed by atoms with Crippen molar-refractivity contribution < 1.29 is 4.79 Å². The fraction of sp³-hybridized carbons (Fsp3) is 0.125. The Hall–Kier alpha value is -2.31. The summed E-state index contributed by atoms with van der Waals surface area (Å²) in [6.07, 6.45) is 4.40. The SMILES string of the molecule is O=C(NCc1ccncn1)c1cn[nH]n1. The Morgan fingerprint density at radius 2 is 2.47 bits per heavy atom. The van der Waals surface area contributed by atoms with E-state index in [1.165, 1.54) is 12.5 Å². The predicted molar refractivity (Wildman–Crippen MR) is 49.6 cm³/mol. The number of hydrogen-bond donors (Lipinski definition) is 2. The van der Waals surface area contributed by atoms with Gasteiger partial charge in [-0.3, -0.25) is 4.79 Å². The van der Waals surface area contributed by atoms with Gasteiger partial charge in [0.1, 0.15) is 6.33 Å². The van der Waals surface area contributed by atoms with E-state index in [2.05, 4.69) is 30.7 Å². The summed E-state index contributed by atoms with van der Waals surface area (Å²) in [5.74, 6) is -0.289. The van der Waals surface area contributed by atoms with Crippen LogP contribution in [-0.2, 0) is 6.54 Å². The van der Waals surface area contributed by atoms with E-state index >= 15 is 0 Å². The molecule has 0 aromatic carbocycles. The van der Waals surface area contributed by atoms with E-state index < -0.39 is 0 Å². The molecule has 7 nitrogen and oxygen atoms in total. The summed E-state index contributed by atoms with van der Waals surface area (Å²) in [5.41, 5.74) is 0.992. The molecule has 0 bridgehead atoms. The van der Waals surface area contributed by atoms with Gasteiger partial charge < -0.3 is 5.32 Å². The summed E-state index contributed by atoms with van der Waals surface area (Å²) in [6.45, 7) is 0.341. The maximum Gasteiger partial charge on any atom is 0.273 e. The minimum atomic E-state index is -0.289. The smallest absolute Gasteiger partial charge is 0.273 e. The number of aromatic amines is 1. The average molecular weight is 204 g/mol. The van der Waals surface area contributed by atoms with Crippen molar-refractivity contribution in [2.24, 2.45) is 0 Å². The molecule has 0 saturated carbocycles. The third-order valence-electron chi connectivity index (χ3n) is 1.72. The number of nitrogens with one attached hydrogen (secondary N) is 2. The van der Waals surface area contributed by atoms with E-state index in [9.17, 15) is 4.79 Å². The van der Waals surface area contributed by atoms with E-state index in [0.717, 1.165) is 5.69 Å². The van der Waals surface area contributed by atoms with Crippen molar-refractivity contribution in [1.82, 2.24) is 30.7 Å². The highest BCUT2D eigenvalue weighted by Gasteiger charge is 2.07. The number of H-pyrrole nitrogens is 1. The maximum atomic E-state index is 11.4. The van der Waals surface area contributed by atoms with Crippen molar-refractivity contribution in [1.29, 1.82) is 0 Å². The van der Waals surface area contributed by atoms with E-state index in [1.54, 1.807) is 12.3 Å². The Morgan fingerprint density at radius 3 is 3.13 bits per heavy atom. The van der Waals surface area contributed by atoms with Crippen LogP contribution in [0.1, 0.15) is 16.2 Å². The van der Waals surface area contributed by atoms with Crippen molar-refractivity contribution in [3.63, 3.8) is 0 Å². The van der Waals surface area contributed by atoms with E-state index in [1.807, 2.05) is 0 Å². The van der Waals surface area contributed by atoms with Gasteiger partial charge in [0, 0.05) is 6.20 Å². The summed E-state index contributed by atoms with van der Waals surface area (Å²) in [4.78, 5) is 19.1. The van der Waals surface area contributed by atoms with Crippen LogP contribution in [0.5, 0.6) is 0 Å². The standard InChI is InChI=1S/C8H8N6O/c15-8(7-4-12-14-13-7)10-3-6-1-2-9-5-11-6/h1-2,4-5H,3H2,(H,10,15)(H,12,13,14). The molecule has 0 aliphatic carbocycles. The van der Waals surface area contributed by atoms with Gasteiger partial charge in [0.25, 0.3) is 5.91 Å². The summed E-state index contributed by atoms with van der Waals surface area (Å²) < 4.78 is 0. The van der Waals surface area contributed by atoms with Gasteiger partial charge >= 0.3 is 0 Å². The first-order valence-electron chi connectivity index (χ1n) is 4.25. The molecule has 2 aromatic heterocycles. The van der Waals surface area contributed by atoms with Crippen molar-refractivity contribution >= 4 is 5.91 Å². The third-order valence-corrected chi connectivity index (χ3v) is 1.72. The molecule has 2 rings (SSSR count). The van der Waals surface area contributed by atoms with Gasteiger partial charge in [-0.15, -0.1) is 0 Å². The van der Waals surface area contributed by atoms with Gasteiger partial charge in [-0.2, -0.15) is 15.4 Å². The summed E-state index contributed by atoms with van der Waals surface area (Å²) >= 11 is 0. The number of nitrogens with zero attached hydrogens (tertiary/aromatic N) is 4. The highest BCUT2D eigenvalue weighted by molar-refractivity contribution is 5.91. The zero-order valence-electron chi connectivity index (χ0n) is 7.71. The van der Waals surface area contributed by atoms with Gasteiger partial charge in [-0.05, 0) is 6.07 Å². The third kappa shape index (κ3) is 2.33. The van der Waals surface area contributed by atoms with Crippen molar-refractivity contribution in [2.75, 3.05) is 0 Å². The molecule has 0 unspecified atom stereocenters. The lowest BCUT2D eigenvalue weighted by Gasteiger charge is -2.00. The lowest BCUT2D eigenvalue weighted by atomic mass is 10.4. The van der Waals surface area contributed by atoms with Crippen LogP contribution in [0.15, 0.2) is 24.8 Å². The molecule has 0 aliphatic heterocycles. The number of hydrogen-bond acceptors (Lipinski definition) is 5. The van der Waals surface area contributed by atoms with Crippen molar-refractivity contribution in [2.45, 2.75) is 6.54 Å². The summed E-state index contributed by atoms with van der Waals surface area (Å²) in [6, 6.07) is 1.73. The van der Waals surface area contributed by atoms with Gasteiger partial charge in [0.05, 0.1) is 18.4 Å². The molecule has 0 saturated heterocycles. The number of carbonyl (C=O) groups excluding carboxylic acids is 1. The topological polar surface area (TPSA) is 96.5 Å². The molecule has 1 amide bonds. The fourth-order valence-corrected chi connectivity index (χ4v) is 0.995. The Balaban J connectivity index is 1.92. The second-order valence-electron chi connectivity index (χ2n) is 2.74. The van der Waals surface area contributed by atoms with E-state index in [0.29, 0.717) is 6.54 Å². The minimum Gasteiger partial charge on any atom is -0.345 e. The molecule has 76 valence electrons. The summed E-state index contributed by atoms with van der Waals surface area (Å²) in [5, 5.41) is 12.2. The highest BCUT2D eigenvalue weighted by Crippen LogP contribution is 1.92. The van der Waals surface area contributed by atoms with Gasteiger partial charge in [0.15, 0.2) is 5.69 Å². The van der Waals surface area contributed by atoms with Gasteiger partial charge in [-0.25, -0.2) is 9.97 Å².